The van der Waals surface area contributed by atoms with Gasteiger partial charge in [-0.1, -0.05) is 0 Å². The van der Waals surface area contributed by atoms with E-state index in [9.17, 15) is 0 Å². The topological polar surface area (TPSA) is 62.7 Å². The van der Waals surface area contributed by atoms with Crippen LogP contribution < -0.4 is 5.73 Å². The average Bonchev–Trinajstić information content (AvgIpc) is 3.11. The van der Waals surface area contributed by atoms with Crippen LogP contribution in [0.3, 0.4) is 0 Å². The van der Waals surface area contributed by atoms with Gasteiger partial charge in [-0.3, -0.25) is 4.98 Å². The van der Waals surface area contributed by atoms with E-state index in [4.69, 9.17) is 11.0 Å². The Morgan fingerprint density at radius 2 is 2.20 bits per heavy atom. The lowest BCUT2D eigenvalue weighted by atomic mass is 10.00. The Labute approximate surface area is 93.7 Å². The maximum Gasteiger partial charge on any atom is 0.116 e. The molecule has 1 fully saturated rings. The van der Waals surface area contributed by atoms with Crippen molar-refractivity contribution in [3.63, 3.8) is 0 Å². The number of nitrogens with zero attached hydrogens (tertiary/aromatic N) is 2. The SMILES string of the molecule is N#CC(N)(CSc1ccncc1)C1CC1. The second kappa shape index (κ2) is 4.21. The summed E-state index contributed by atoms with van der Waals surface area (Å²) in [5, 5.41) is 9.07. The van der Waals surface area contributed by atoms with Crippen molar-refractivity contribution >= 4 is 11.8 Å². The smallest absolute Gasteiger partial charge is 0.116 e. The first-order chi connectivity index (χ1) is 7.24. The minimum atomic E-state index is -0.645. The Morgan fingerprint density at radius 1 is 1.53 bits per heavy atom. The molecule has 1 aliphatic rings. The quantitative estimate of drug-likeness (QED) is 0.784. The van der Waals surface area contributed by atoms with Crippen molar-refractivity contribution in [3.8, 4) is 6.07 Å². The first-order valence-electron chi connectivity index (χ1n) is 4.97. The fraction of sp³-hybridized carbons (Fsp3) is 0.455. The molecule has 1 aromatic heterocycles. The molecule has 0 spiro atoms. The summed E-state index contributed by atoms with van der Waals surface area (Å²) in [5.41, 5.74) is 5.41. The molecule has 0 aliphatic heterocycles. The standard InChI is InChI=1S/C11H13N3S/c12-7-11(13,9-1-2-9)8-15-10-3-5-14-6-4-10/h3-6,9H,1-2,8,13H2. The molecule has 0 aromatic carbocycles. The van der Waals surface area contributed by atoms with Crippen molar-refractivity contribution in [2.75, 3.05) is 5.75 Å². The highest BCUT2D eigenvalue weighted by molar-refractivity contribution is 7.99. The Balaban J connectivity index is 1.95. The van der Waals surface area contributed by atoms with Crippen LogP contribution in [0.4, 0.5) is 0 Å². The number of thioether (sulfide) groups is 1. The van der Waals surface area contributed by atoms with Gasteiger partial charge >= 0.3 is 0 Å². The molecule has 0 bridgehead atoms. The summed E-state index contributed by atoms with van der Waals surface area (Å²) in [4.78, 5) is 5.07. The highest BCUT2D eigenvalue weighted by atomic mass is 32.2. The number of hydrogen-bond donors (Lipinski definition) is 1. The van der Waals surface area contributed by atoms with E-state index >= 15 is 0 Å². The van der Waals surface area contributed by atoms with Crippen molar-refractivity contribution < 1.29 is 0 Å². The second-order valence-corrected chi connectivity index (χ2v) is 4.95. The fourth-order valence-corrected chi connectivity index (χ4v) is 2.50. The van der Waals surface area contributed by atoms with Crippen molar-refractivity contribution in [1.29, 1.82) is 5.26 Å². The molecule has 1 saturated carbocycles. The molecular weight excluding hydrogens is 206 g/mol. The summed E-state index contributed by atoms with van der Waals surface area (Å²) in [5.74, 6) is 1.06. The third-order valence-electron chi connectivity index (χ3n) is 2.64. The van der Waals surface area contributed by atoms with Crippen LogP contribution in [0.5, 0.6) is 0 Å². The number of nitrogens with two attached hydrogens (primary N) is 1. The molecule has 0 amide bonds. The second-order valence-electron chi connectivity index (χ2n) is 3.90. The average molecular weight is 219 g/mol. The van der Waals surface area contributed by atoms with Crippen LogP contribution in [0.25, 0.3) is 0 Å². The minimum absolute atomic E-state index is 0.400. The van der Waals surface area contributed by atoms with Crippen molar-refractivity contribution in [3.05, 3.63) is 24.5 Å². The molecule has 2 N–H and O–H groups in total. The summed E-state index contributed by atoms with van der Waals surface area (Å²) < 4.78 is 0. The largest absolute Gasteiger partial charge is 0.312 e. The van der Waals surface area contributed by atoms with Gasteiger partial charge in [0.05, 0.1) is 6.07 Å². The van der Waals surface area contributed by atoms with Gasteiger partial charge in [0.25, 0.3) is 0 Å². The molecule has 1 unspecified atom stereocenters. The summed E-state index contributed by atoms with van der Waals surface area (Å²) >= 11 is 1.63. The molecule has 1 heterocycles. The molecule has 1 aliphatic carbocycles. The van der Waals surface area contributed by atoms with Gasteiger partial charge in [-0.15, -0.1) is 11.8 Å². The lowest BCUT2D eigenvalue weighted by molar-refractivity contribution is 0.532. The molecule has 1 atom stereocenters. The molecular formula is C11H13N3S. The van der Waals surface area contributed by atoms with Gasteiger partial charge in [0.2, 0.25) is 0 Å². The highest BCUT2D eigenvalue weighted by Crippen LogP contribution is 2.40. The Hall–Kier alpha value is -1.05. The molecule has 3 nitrogen and oxygen atoms in total. The number of aromatic nitrogens is 1. The van der Waals surface area contributed by atoms with Crippen LogP contribution >= 0.6 is 11.8 Å². The van der Waals surface area contributed by atoms with Gasteiger partial charge in [-0.2, -0.15) is 5.26 Å². The molecule has 1 aromatic rings. The zero-order valence-electron chi connectivity index (χ0n) is 8.39. The summed E-state index contributed by atoms with van der Waals surface area (Å²) in [7, 11) is 0. The predicted molar refractivity (Wildman–Crippen MR) is 60.2 cm³/mol. The summed E-state index contributed by atoms with van der Waals surface area (Å²) in [6, 6.07) is 6.13. The normalized spacial score (nSPS) is 19.2. The molecule has 0 saturated heterocycles. The van der Waals surface area contributed by atoms with Crippen molar-refractivity contribution in [2.24, 2.45) is 11.7 Å². The minimum Gasteiger partial charge on any atom is -0.312 e. The summed E-state index contributed by atoms with van der Waals surface area (Å²) in [6.07, 6.45) is 5.70. The highest BCUT2D eigenvalue weighted by Gasteiger charge is 2.42. The number of hydrogen-bond acceptors (Lipinski definition) is 4. The van der Waals surface area contributed by atoms with Crippen molar-refractivity contribution in [2.45, 2.75) is 23.3 Å². The lowest BCUT2D eigenvalue weighted by Crippen LogP contribution is -2.43. The van der Waals surface area contributed by atoms with Gasteiger partial charge in [0.15, 0.2) is 0 Å². The molecule has 2 rings (SSSR count). The van der Waals surface area contributed by atoms with E-state index in [2.05, 4.69) is 11.1 Å². The zero-order chi connectivity index (χ0) is 10.7. The first kappa shape index (κ1) is 10.5. The van der Waals surface area contributed by atoms with Gasteiger partial charge in [-0.05, 0) is 30.9 Å². The Morgan fingerprint density at radius 3 is 2.73 bits per heavy atom. The predicted octanol–water partition coefficient (Wildman–Crippen LogP) is 1.80. The maximum atomic E-state index is 9.07. The molecule has 15 heavy (non-hydrogen) atoms. The molecule has 4 heteroatoms. The van der Waals surface area contributed by atoms with E-state index in [-0.39, 0.29) is 0 Å². The molecule has 78 valence electrons. The van der Waals surface area contributed by atoms with E-state index in [0.29, 0.717) is 11.7 Å². The molecule has 0 radical (unpaired) electrons. The van der Waals surface area contributed by atoms with E-state index in [1.807, 2.05) is 12.1 Å². The maximum absolute atomic E-state index is 9.07. The first-order valence-corrected chi connectivity index (χ1v) is 5.96. The van der Waals surface area contributed by atoms with Crippen molar-refractivity contribution in [1.82, 2.24) is 4.98 Å². The van der Waals surface area contributed by atoms with Crippen LogP contribution in [0.1, 0.15) is 12.8 Å². The Kier molecular flexibility index (Phi) is 2.94. The third-order valence-corrected chi connectivity index (χ3v) is 3.87. The van der Waals surface area contributed by atoms with Gasteiger partial charge in [-0.25, -0.2) is 0 Å². The van der Waals surface area contributed by atoms with Crippen LogP contribution in [-0.4, -0.2) is 16.3 Å². The summed E-state index contributed by atoms with van der Waals surface area (Å²) in [6.45, 7) is 0. The third kappa shape index (κ3) is 2.49. The number of nitriles is 1. The monoisotopic (exact) mass is 219 g/mol. The zero-order valence-corrected chi connectivity index (χ0v) is 9.20. The van der Waals surface area contributed by atoms with Gasteiger partial charge in [0.1, 0.15) is 5.54 Å². The fourth-order valence-electron chi connectivity index (χ4n) is 1.48. The van der Waals surface area contributed by atoms with Gasteiger partial charge in [0, 0.05) is 23.0 Å². The van der Waals surface area contributed by atoms with Crippen LogP contribution in [0, 0.1) is 17.2 Å². The van der Waals surface area contributed by atoms with E-state index in [1.165, 1.54) is 0 Å². The van der Waals surface area contributed by atoms with E-state index < -0.39 is 5.54 Å². The number of pyridine rings is 1. The lowest BCUT2D eigenvalue weighted by Gasteiger charge is -2.20. The van der Waals surface area contributed by atoms with E-state index in [1.54, 1.807) is 24.2 Å². The van der Waals surface area contributed by atoms with Crippen LogP contribution in [0.2, 0.25) is 0 Å². The van der Waals surface area contributed by atoms with E-state index in [0.717, 1.165) is 17.7 Å². The van der Waals surface area contributed by atoms with Gasteiger partial charge < -0.3 is 5.73 Å². The van der Waals surface area contributed by atoms with Crippen LogP contribution in [0.15, 0.2) is 29.4 Å². The van der Waals surface area contributed by atoms with Crippen LogP contribution in [-0.2, 0) is 0 Å². The Bertz CT molecular complexity index is 369. The number of rotatable bonds is 4.